The number of aromatic nitrogens is 3. The zero-order valence-electron chi connectivity index (χ0n) is 23.5. The fraction of sp³-hybridized carbons (Fsp3) is 0.0526. The van der Waals surface area contributed by atoms with Gasteiger partial charge < -0.3 is 13.9 Å². The molecule has 2 heterocycles. The quantitative estimate of drug-likeness (QED) is 0.205. The van der Waals surface area contributed by atoms with E-state index in [1.165, 1.54) is 22.2 Å². The van der Waals surface area contributed by atoms with Crippen molar-refractivity contribution in [3.05, 3.63) is 151 Å². The van der Waals surface area contributed by atoms with E-state index >= 15 is 0 Å². The molecule has 0 fully saturated rings. The van der Waals surface area contributed by atoms with Gasteiger partial charge in [-0.3, -0.25) is 0 Å². The summed E-state index contributed by atoms with van der Waals surface area (Å²) in [6, 6.07) is 46.1. The highest BCUT2D eigenvalue weighted by Crippen LogP contribution is 2.38. The monoisotopic (exact) mass is 556 g/mol. The number of anilines is 3. The Labute approximate surface area is 250 Å². The molecule has 0 unspecified atom stereocenters. The van der Waals surface area contributed by atoms with Gasteiger partial charge in [-0.05, 0) is 97.3 Å². The Bertz CT molecular complexity index is 2070. The molecule has 1 aliphatic rings. The molecule has 5 aromatic carbocycles. The van der Waals surface area contributed by atoms with E-state index in [0.29, 0.717) is 11.8 Å². The summed E-state index contributed by atoms with van der Waals surface area (Å²) in [6.07, 6.45) is 6.71. The number of allylic oxidation sites excluding steroid dienone is 1. The minimum atomic E-state index is 0.487. The van der Waals surface area contributed by atoms with Crippen molar-refractivity contribution >= 4 is 34.0 Å². The van der Waals surface area contributed by atoms with Crippen molar-refractivity contribution in [2.45, 2.75) is 12.8 Å². The molecular formula is C38H28N4O. The first-order valence-electron chi connectivity index (χ1n) is 14.6. The Kier molecular flexibility index (Phi) is 6.19. The van der Waals surface area contributed by atoms with Gasteiger partial charge in [0.1, 0.15) is 0 Å². The van der Waals surface area contributed by atoms with Gasteiger partial charge in [0, 0.05) is 45.0 Å². The number of benzene rings is 5. The standard InChI is InChI=1S/C38H28N4O/c1-3-12-27(13-4-1)37-39-40-38(43-37)28-14-11-17-32(26-28)41(29-15-5-2-6-16-29)30-22-24-31(25-23-30)42-35-20-9-7-18-33(35)34-19-8-10-21-36(34)42/h1-7,9-18,20-26H,8,19H2. The number of para-hydroxylation sites is 2. The molecule has 43 heavy (non-hydrogen) atoms. The summed E-state index contributed by atoms with van der Waals surface area (Å²) in [4.78, 5) is 2.25. The lowest BCUT2D eigenvalue weighted by Crippen LogP contribution is -2.10. The third kappa shape index (κ3) is 4.52. The van der Waals surface area contributed by atoms with E-state index in [4.69, 9.17) is 4.42 Å². The van der Waals surface area contributed by atoms with E-state index < -0.39 is 0 Å². The third-order valence-corrected chi connectivity index (χ3v) is 8.03. The molecule has 0 saturated carbocycles. The van der Waals surface area contributed by atoms with Gasteiger partial charge in [-0.2, -0.15) is 0 Å². The van der Waals surface area contributed by atoms with Crippen LogP contribution in [0.25, 0.3) is 45.6 Å². The third-order valence-electron chi connectivity index (χ3n) is 8.03. The van der Waals surface area contributed by atoms with Crippen LogP contribution >= 0.6 is 0 Å². The lowest BCUT2D eigenvalue weighted by molar-refractivity contribution is 0.584. The van der Waals surface area contributed by atoms with Crippen molar-refractivity contribution in [3.63, 3.8) is 0 Å². The Hall–Kier alpha value is -5.68. The number of hydrogen-bond acceptors (Lipinski definition) is 4. The Morgan fingerprint density at radius 3 is 2.07 bits per heavy atom. The second-order valence-electron chi connectivity index (χ2n) is 10.7. The molecule has 0 saturated heterocycles. The van der Waals surface area contributed by atoms with Crippen LogP contribution in [0, 0.1) is 0 Å². The van der Waals surface area contributed by atoms with Gasteiger partial charge in [-0.15, -0.1) is 10.2 Å². The zero-order chi connectivity index (χ0) is 28.6. The molecule has 5 nitrogen and oxygen atoms in total. The zero-order valence-corrected chi connectivity index (χ0v) is 23.5. The van der Waals surface area contributed by atoms with Gasteiger partial charge in [-0.1, -0.05) is 66.7 Å². The fourth-order valence-corrected chi connectivity index (χ4v) is 6.06. The van der Waals surface area contributed by atoms with Gasteiger partial charge in [0.25, 0.3) is 0 Å². The van der Waals surface area contributed by atoms with Crippen molar-refractivity contribution < 1.29 is 4.42 Å². The average molecular weight is 557 g/mol. The molecule has 206 valence electrons. The molecule has 2 aromatic heterocycles. The predicted molar refractivity (Wildman–Crippen MR) is 174 cm³/mol. The number of aryl methyl sites for hydroxylation is 1. The van der Waals surface area contributed by atoms with Crippen molar-refractivity contribution in [3.8, 4) is 28.6 Å². The van der Waals surface area contributed by atoms with Crippen LogP contribution in [-0.2, 0) is 6.42 Å². The number of hydrogen-bond donors (Lipinski definition) is 0. The van der Waals surface area contributed by atoms with Gasteiger partial charge in [0.05, 0.1) is 5.52 Å². The van der Waals surface area contributed by atoms with Crippen LogP contribution in [0.1, 0.15) is 17.7 Å². The molecule has 0 atom stereocenters. The highest BCUT2D eigenvalue weighted by Gasteiger charge is 2.19. The van der Waals surface area contributed by atoms with Crippen molar-refractivity contribution in [2.24, 2.45) is 0 Å². The maximum absolute atomic E-state index is 6.09. The average Bonchev–Trinajstić information content (AvgIpc) is 3.71. The second-order valence-corrected chi connectivity index (χ2v) is 10.7. The summed E-state index contributed by atoms with van der Waals surface area (Å²) < 4.78 is 8.48. The highest BCUT2D eigenvalue weighted by molar-refractivity contribution is 5.91. The van der Waals surface area contributed by atoms with Crippen LogP contribution in [0.2, 0.25) is 0 Å². The summed E-state index contributed by atoms with van der Waals surface area (Å²) in [5, 5.41) is 10.0. The van der Waals surface area contributed by atoms with Crippen LogP contribution in [0.3, 0.4) is 0 Å². The SMILES string of the molecule is C1=Cc2c(c3ccccc3n2-c2ccc(N(c3ccccc3)c3cccc(-c4nnc(-c5ccccc5)o4)c3)cc2)CC1. The topological polar surface area (TPSA) is 47.1 Å². The number of nitrogens with zero attached hydrogens (tertiary/aromatic N) is 4. The number of fused-ring (bicyclic) bond motifs is 3. The predicted octanol–water partition coefficient (Wildman–Crippen LogP) is 9.78. The maximum Gasteiger partial charge on any atom is 0.248 e. The molecule has 8 rings (SSSR count). The van der Waals surface area contributed by atoms with E-state index in [-0.39, 0.29) is 0 Å². The van der Waals surface area contributed by atoms with Gasteiger partial charge in [-0.25, -0.2) is 0 Å². The van der Waals surface area contributed by atoms with Crippen molar-refractivity contribution in [1.82, 2.24) is 14.8 Å². The molecule has 0 spiro atoms. The lowest BCUT2D eigenvalue weighted by Gasteiger charge is -2.26. The largest absolute Gasteiger partial charge is 0.416 e. The van der Waals surface area contributed by atoms with Crippen molar-refractivity contribution in [1.29, 1.82) is 0 Å². The first kappa shape index (κ1) is 25.1. The summed E-state index contributed by atoms with van der Waals surface area (Å²) >= 11 is 0. The van der Waals surface area contributed by atoms with E-state index in [1.807, 2.05) is 48.5 Å². The van der Waals surface area contributed by atoms with Crippen LogP contribution in [0.4, 0.5) is 17.1 Å². The molecule has 7 aromatic rings. The molecule has 1 aliphatic carbocycles. The summed E-state index contributed by atoms with van der Waals surface area (Å²) in [5.41, 5.74) is 9.99. The Morgan fingerprint density at radius 1 is 0.605 bits per heavy atom. The summed E-state index contributed by atoms with van der Waals surface area (Å²) in [6.45, 7) is 0. The molecule has 5 heteroatoms. The van der Waals surface area contributed by atoms with Gasteiger partial charge in [0.2, 0.25) is 11.8 Å². The van der Waals surface area contributed by atoms with Gasteiger partial charge >= 0.3 is 0 Å². The first-order chi connectivity index (χ1) is 21.3. The van der Waals surface area contributed by atoms with Crippen LogP contribution in [0.15, 0.2) is 144 Å². The van der Waals surface area contributed by atoms with Crippen LogP contribution in [-0.4, -0.2) is 14.8 Å². The smallest absolute Gasteiger partial charge is 0.248 e. The molecular weight excluding hydrogens is 528 g/mol. The second kappa shape index (κ2) is 10.6. The molecule has 0 N–H and O–H groups in total. The van der Waals surface area contributed by atoms with E-state index in [2.05, 4.69) is 117 Å². The molecule has 0 bridgehead atoms. The van der Waals surface area contributed by atoms with Gasteiger partial charge in [0.15, 0.2) is 0 Å². The lowest BCUT2D eigenvalue weighted by atomic mass is 10.0. The fourth-order valence-electron chi connectivity index (χ4n) is 6.06. The van der Waals surface area contributed by atoms with Crippen LogP contribution < -0.4 is 4.90 Å². The molecule has 0 aliphatic heterocycles. The molecule has 0 radical (unpaired) electrons. The first-order valence-corrected chi connectivity index (χ1v) is 14.6. The Morgan fingerprint density at radius 2 is 1.26 bits per heavy atom. The minimum Gasteiger partial charge on any atom is -0.416 e. The number of rotatable bonds is 6. The summed E-state index contributed by atoms with van der Waals surface area (Å²) in [5.74, 6) is 0.993. The maximum atomic E-state index is 6.09. The van der Waals surface area contributed by atoms with Crippen molar-refractivity contribution in [2.75, 3.05) is 4.90 Å². The van der Waals surface area contributed by atoms with E-state index in [1.54, 1.807) is 0 Å². The molecule has 0 amide bonds. The van der Waals surface area contributed by atoms with Crippen LogP contribution in [0.5, 0.6) is 0 Å². The van der Waals surface area contributed by atoms with E-state index in [0.717, 1.165) is 46.7 Å². The highest BCUT2D eigenvalue weighted by atomic mass is 16.4. The van der Waals surface area contributed by atoms with E-state index in [9.17, 15) is 0 Å². The summed E-state index contributed by atoms with van der Waals surface area (Å²) in [7, 11) is 0. The normalized spacial score (nSPS) is 12.4. The Balaban J connectivity index is 1.19. The minimum absolute atomic E-state index is 0.487.